The Morgan fingerprint density at radius 2 is 1.81 bits per heavy atom. The average molecular weight is 419 g/mol. The molecule has 2 fully saturated rings. The highest BCUT2D eigenvalue weighted by atomic mass is 16.5. The van der Waals surface area contributed by atoms with Crippen molar-refractivity contribution in [2.45, 2.75) is 19.8 Å². The molecular weight excluding hydrogens is 394 g/mol. The number of nitrogens with zero attached hydrogens (tertiary/aromatic N) is 5. The number of aromatic nitrogens is 3. The van der Waals surface area contributed by atoms with Gasteiger partial charge in [-0.05, 0) is 43.5 Å². The van der Waals surface area contributed by atoms with E-state index in [2.05, 4.69) is 10.1 Å². The number of methoxy groups -OCH3 is 1. The summed E-state index contributed by atoms with van der Waals surface area (Å²) in [6.45, 7) is 4.15. The van der Waals surface area contributed by atoms with Gasteiger partial charge in [-0.25, -0.2) is 4.68 Å². The van der Waals surface area contributed by atoms with Crippen molar-refractivity contribution in [2.24, 2.45) is 5.92 Å². The SMILES string of the molecule is COc1ccc2ncc(C(=O)N3CCN(C(=O)C4CC4)CC3)c(-n3cc(C)cn3)c2c1. The maximum Gasteiger partial charge on any atom is 0.257 e. The quantitative estimate of drug-likeness (QED) is 0.649. The number of pyridine rings is 1. The third kappa shape index (κ3) is 3.62. The van der Waals surface area contributed by atoms with Gasteiger partial charge in [0.05, 0.1) is 30.1 Å². The molecule has 3 heterocycles. The van der Waals surface area contributed by atoms with Gasteiger partial charge >= 0.3 is 0 Å². The molecular formula is C23H25N5O3. The van der Waals surface area contributed by atoms with E-state index in [9.17, 15) is 9.59 Å². The summed E-state index contributed by atoms with van der Waals surface area (Å²) in [5.74, 6) is 1.03. The molecule has 1 aliphatic heterocycles. The zero-order valence-electron chi connectivity index (χ0n) is 17.7. The topological polar surface area (TPSA) is 80.6 Å². The lowest BCUT2D eigenvalue weighted by Crippen LogP contribution is -2.51. The van der Waals surface area contributed by atoms with Crippen LogP contribution in [0.5, 0.6) is 5.75 Å². The van der Waals surface area contributed by atoms with Gasteiger partial charge in [-0.15, -0.1) is 0 Å². The van der Waals surface area contributed by atoms with Gasteiger partial charge in [0, 0.05) is 49.9 Å². The van der Waals surface area contributed by atoms with Crippen LogP contribution in [0.15, 0.2) is 36.8 Å². The Hall–Kier alpha value is -3.42. The summed E-state index contributed by atoms with van der Waals surface area (Å²) >= 11 is 0. The molecule has 8 nitrogen and oxygen atoms in total. The zero-order chi connectivity index (χ0) is 21.5. The molecule has 31 heavy (non-hydrogen) atoms. The van der Waals surface area contributed by atoms with E-state index in [4.69, 9.17) is 4.74 Å². The fraction of sp³-hybridized carbons (Fsp3) is 0.391. The Kier molecular flexibility index (Phi) is 4.84. The summed E-state index contributed by atoms with van der Waals surface area (Å²) in [5, 5.41) is 5.27. The molecule has 3 aromatic rings. The predicted octanol–water partition coefficient (Wildman–Crippen LogP) is 2.43. The van der Waals surface area contributed by atoms with E-state index in [1.54, 1.807) is 29.1 Å². The van der Waals surface area contributed by atoms with E-state index in [0.717, 1.165) is 29.3 Å². The van der Waals surface area contributed by atoms with Crippen molar-refractivity contribution in [1.29, 1.82) is 0 Å². The van der Waals surface area contributed by atoms with Gasteiger partial charge in [-0.1, -0.05) is 0 Å². The van der Waals surface area contributed by atoms with Crippen LogP contribution in [0.2, 0.25) is 0 Å². The molecule has 5 rings (SSSR count). The summed E-state index contributed by atoms with van der Waals surface area (Å²) in [6.07, 6.45) is 7.29. The lowest BCUT2D eigenvalue weighted by molar-refractivity contribution is -0.134. The van der Waals surface area contributed by atoms with Crippen molar-refractivity contribution in [3.8, 4) is 11.4 Å². The molecule has 160 valence electrons. The van der Waals surface area contributed by atoms with Gasteiger partial charge in [0.1, 0.15) is 5.75 Å². The van der Waals surface area contributed by atoms with E-state index >= 15 is 0 Å². The van der Waals surface area contributed by atoms with Crippen LogP contribution in [-0.4, -0.2) is 69.7 Å². The largest absolute Gasteiger partial charge is 0.497 e. The smallest absolute Gasteiger partial charge is 0.257 e. The first-order valence-electron chi connectivity index (χ1n) is 10.6. The minimum Gasteiger partial charge on any atom is -0.497 e. The second-order valence-corrected chi connectivity index (χ2v) is 8.26. The molecule has 0 N–H and O–H groups in total. The van der Waals surface area contributed by atoms with Crippen molar-refractivity contribution in [3.05, 3.63) is 47.9 Å². The fourth-order valence-electron chi connectivity index (χ4n) is 4.11. The lowest BCUT2D eigenvalue weighted by atomic mass is 10.1. The molecule has 0 atom stereocenters. The minimum atomic E-state index is -0.0982. The number of aryl methyl sites for hydroxylation is 1. The number of rotatable bonds is 4. The first-order valence-corrected chi connectivity index (χ1v) is 10.6. The molecule has 2 amide bonds. The van der Waals surface area contributed by atoms with Crippen LogP contribution in [0.1, 0.15) is 28.8 Å². The highest BCUT2D eigenvalue weighted by Crippen LogP contribution is 2.32. The second-order valence-electron chi connectivity index (χ2n) is 8.26. The van der Waals surface area contributed by atoms with E-state index in [1.807, 2.05) is 36.2 Å². The first-order chi connectivity index (χ1) is 15.0. The molecule has 2 aliphatic rings. The Balaban J connectivity index is 1.50. The Morgan fingerprint density at radius 1 is 1.06 bits per heavy atom. The summed E-state index contributed by atoms with van der Waals surface area (Å²) in [6, 6.07) is 5.62. The van der Waals surface area contributed by atoms with Crippen molar-refractivity contribution >= 4 is 22.7 Å². The number of carbonyl (C=O) groups is 2. The van der Waals surface area contributed by atoms with Crippen LogP contribution in [0, 0.1) is 12.8 Å². The van der Waals surface area contributed by atoms with E-state index in [0.29, 0.717) is 43.2 Å². The minimum absolute atomic E-state index is 0.0982. The van der Waals surface area contributed by atoms with E-state index < -0.39 is 0 Å². The molecule has 1 aromatic carbocycles. The molecule has 0 spiro atoms. The van der Waals surface area contributed by atoms with Crippen molar-refractivity contribution < 1.29 is 14.3 Å². The van der Waals surface area contributed by atoms with Crippen LogP contribution >= 0.6 is 0 Å². The number of benzene rings is 1. The lowest BCUT2D eigenvalue weighted by Gasteiger charge is -2.35. The Morgan fingerprint density at radius 3 is 2.45 bits per heavy atom. The maximum atomic E-state index is 13.5. The molecule has 1 saturated heterocycles. The predicted molar refractivity (Wildman–Crippen MR) is 115 cm³/mol. The van der Waals surface area contributed by atoms with E-state index in [1.165, 1.54) is 0 Å². The van der Waals surface area contributed by atoms with Gasteiger partial charge in [-0.3, -0.25) is 14.6 Å². The summed E-state index contributed by atoms with van der Waals surface area (Å²) < 4.78 is 7.14. The first kappa shape index (κ1) is 19.5. The third-order valence-electron chi connectivity index (χ3n) is 6.02. The molecule has 0 bridgehead atoms. The second kappa shape index (κ2) is 7.68. The van der Waals surface area contributed by atoms with Gasteiger partial charge in [-0.2, -0.15) is 5.10 Å². The number of piperazine rings is 1. The molecule has 1 aliphatic carbocycles. The zero-order valence-corrected chi connectivity index (χ0v) is 17.7. The van der Waals surface area contributed by atoms with Crippen molar-refractivity contribution in [3.63, 3.8) is 0 Å². The summed E-state index contributed by atoms with van der Waals surface area (Å²) in [4.78, 5) is 34.1. The summed E-state index contributed by atoms with van der Waals surface area (Å²) in [7, 11) is 1.61. The monoisotopic (exact) mass is 419 g/mol. The van der Waals surface area contributed by atoms with Crippen LogP contribution < -0.4 is 4.74 Å². The van der Waals surface area contributed by atoms with Crippen LogP contribution in [0.4, 0.5) is 0 Å². The normalized spacial score (nSPS) is 16.6. The molecule has 0 radical (unpaired) electrons. The number of fused-ring (bicyclic) bond motifs is 1. The van der Waals surface area contributed by atoms with E-state index in [-0.39, 0.29) is 17.7 Å². The molecule has 2 aromatic heterocycles. The highest BCUT2D eigenvalue weighted by Gasteiger charge is 2.35. The van der Waals surface area contributed by atoms with Crippen LogP contribution in [0.25, 0.3) is 16.6 Å². The van der Waals surface area contributed by atoms with Gasteiger partial charge in [0.15, 0.2) is 0 Å². The molecule has 0 unspecified atom stereocenters. The Labute approximate surface area is 180 Å². The molecule has 1 saturated carbocycles. The summed E-state index contributed by atoms with van der Waals surface area (Å²) in [5.41, 5.74) is 2.95. The fourth-order valence-corrected chi connectivity index (χ4v) is 4.11. The van der Waals surface area contributed by atoms with Gasteiger partial charge < -0.3 is 14.5 Å². The average Bonchev–Trinajstić information content (AvgIpc) is 3.57. The highest BCUT2D eigenvalue weighted by molar-refractivity contribution is 6.04. The van der Waals surface area contributed by atoms with Gasteiger partial charge in [0.25, 0.3) is 5.91 Å². The number of hydrogen-bond acceptors (Lipinski definition) is 5. The van der Waals surface area contributed by atoms with Crippen LogP contribution in [0.3, 0.4) is 0 Å². The van der Waals surface area contributed by atoms with Crippen molar-refractivity contribution in [2.75, 3.05) is 33.3 Å². The van der Waals surface area contributed by atoms with Crippen LogP contribution in [-0.2, 0) is 4.79 Å². The number of hydrogen-bond donors (Lipinski definition) is 0. The molecule has 8 heteroatoms. The Bertz CT molecular complexity index is 1160. The standard InChI is InChI=1S/C23H25N5O3/c1-15-12-25-28(14-15)21-18-11-17(31-2)5-6-20(18)24-13-19(21)23(30)27-9-7-26(8-10-27)22(29)16-3-4-16/h5-6,11-14,16H,3-4,7-10H2,1-2H3. The number of carbonyl (C=O) groups excluding carboxylic acids is 2. The third-order valence-corrected chi connectivity index (χ3v) is 6.02. The number of ether oxygens (including phenoxy) is 1. The number of amides is 2. The van der Waals surface area contributed by atoms with Crippen molar-refractivity contribution in [1.82, 2.24) is 24.6 Å². The van der Waals surface area contributed by atoms with Gasteiger partial charge in [0.2, 0.25) is 5.91 Å². The maximum absolute atomic E-state index is 13.5.